The molecule has 0 fully saturated rings. The van der Waals surface area contributed by atoms with Gasteiger partial charge in [-0.1, -0.05) is 4.52 Å². The maximum atomic E-state index is 10.4. The van der Waals surface area contributed by atoms with Gasteiger partial charge < -0.3 is 10.1 Å². The van der Waals surface area contributed by atoms with Crippen LogP contribution in [0.1, 0.15) is 0 Å². The molecule has 0 aromatic carbocycles. The van der Waals surface area contributed by atoms with Crippen molar-refractivity contribution in [3.05, 3.63) is 32.6 Å². The molecule has 72 valence electrons. The van der Waals surface area contributed by atoms with Crippen LogP contribution in [0.5, 0.6) is 0 Å². The van der Waals surface area contributed by atoms with Crippen LogP contribution in [-0.2, 0) is 0 Å². The highest BCUT2D eigenvalue weighted by Gasteiger charge is 2.25. The molecule has 2 aromatic heterocycles. The van der Waals surface area contributed by atoms with Crippen molar-refractivity contribution in [1.82, 2.24) is 14.6 Å². The van der Waals surface area contributed by atoms with Crippen LogP contribution in [0.25, 0.3) is 5.65 Å². The van der Waals surface area contributed by atoms with E-state index in [4.69, 9.17) is 0 Å². The molecule has 2 rings (SSSR count). The summed E-state index contributed by atoms with van der Waals surface area (Å²) < 4.78 is 0.943. The molecule has 0 spiro atoms. The minimum atomic E-state index is -0.680. The summed E-state index contributed by atoms with van der Waals surface area (Å²) in [6, 6.07) is 0. The van der Waals surface area contributed by atoms with Crippen molar-refractivity contribution >= 4 is 17.2 Å². The number of aromatic nitrogens is 3. The molecule has 0 saturated carbocycles. The summed E-state index contributed by atoms with van der Waals surface area (Å²) in [5.74, 6) is -0.340. The summed E-state index contributed by atoms with van der Waals surface area (Å²) in [4.78, 5) is 23.1. The molecule has 2 aromatic rings. The number of rotatable bonds is 2. The Morgan fingerprint density at radius 3 is 2.64 bits per heavy atom. The predicted molar refractivity (Wildman–Crippen MR) is 42.9 cm³/mol. The van der Waals surface area contributed by atoms with Crippen molar-refractivity contribution in [1.29, 1.82) is 0 Å². The average Bonchev–Trinajstić information content (AvgIpc) is 2.59. The molecule has 0 atom stereocenters. The van der Waals surface area contributed by atoms with Crippen molar-refractivity contribution in [3.8, 4) is 0 Å². The average molecular weight is 197 g/mol. The Morgan fingerprint density at radius 1 is 1.36 bits per heavy atom. The first-order valence-electron chi connectivity index (χ1n) is 3.45. The third-order valence-electron chi connectivity index (χ3n) is 1.69. The standard InChI is InChI=1S/C5H3N5O4/c11-9(12)3-1-7-8-4(10(13)14)2-6-5(3)8/h1-2,7H. The predicted octanol–water partition coefficient (Wildman–Crippen LogP) is 0.479. The largest absolute Gasteiger partial charge is 0.366 e. The number of H-pyrrole nitrogens is 1. The molecule has 0 aliphatic carbocycles. The lowest BCUT2D eigenvalue weighted by Crippen LogP contribution is -1.93. The maximum Gasteiger partial charge on any atom is 0.366 e. The van der Waals surface area contributed by atoms with Crippen molar-refractivity contribution in [2.75, 3.05) is 0 Å². The van der Waals surface area contributed by atoms with E-state index >= 15 is 0 Å². The Hall–Kier alpha value is -2.45. The van der Waals surface area contributed by atoms with E-state index in [9.17, 15) is 20.2 Å². The second kappa shape index (κ2) is 2.52. The van der Waals surface area contributed by atoms with Gasteiger partial charge in [0.25, 0.3) is 0 Å². The van der Waals surface area contributed by atoms with Crippen LogP contribution >= 0.6 is 0 Å². The third-order valence-corrected chi connectivity index (χ3v) is 1.69. The van der Waals surface area contributed by atoms with Crippen LogP contribution in [-0.4, -0.2) is 24.4 Å². The minimum Gasteiger partial charge on any atom is -0.358 e. The Labute approximate surface area is 75.3 Å². The minimum absolute atomic E-state index is 0.0679. The first kappa shape index (κ1) is 8.16. The van der Waals surface area contributed by atoms with E-state index in [1.165, 1.54) is 0 Å². The van der Waals surface area contributed by atoms with Crippen LogP contribution in [0.2, 0.25) is 0 Å². The molecule has 0 radical (unpaired) electrons. The molecule has 0 amide bonds. The highest BCUT2D eigenvalue weighted by atomic mass is 16.6. The van der Waals surface area contributed by atoms with Crippen LogP contribution in [0.3, 0.4) is 0 Å². The van der Waals surface area contributed by atoms with Crippen molar-refractivity contribution in [2.24, 2.45) is 0 Å². The second-order valence-electron chi connectivity index (χ2n) is 2.45. The fourth-order valence-corrected chi connectivity index (χ4v) is 1.10. The van der Waals surface area contributed by atoms with E-state index in [0.29, 0.717) is 0 Å². The SMILES string of the molecule is O=[N+]([O-])c1c[nH]n2c([N+](=O)[O-])cnc12. The van der Waals surface area contributed by atoms with Crippen molar-refractivity contribution < 1.29 is 9.85 Å². The summed E-state index contributed by atoms with van der Waals surface area (Å²) in [6.45, 7) is 0. The topological polar surface area (TPSA) is 119 Å². The zero-order chi connectivity index (χ0) is 10.3. The van der Waals surface area contributed by atoms with Gasteiger partial charge in [0.1, 0.15) is 12.4 Å². The van der Waals surface area contributed by atoms with E-state index in [2.05, 4.69) is 10.1 Å². The summed E-state index contributed by atoms with van der Waals surface area (Å²) >= 11 is 0. The molecular formula is C5H3N5O4. The van der Waals surface area contributed by atoms with Gasteiger partial charge >= 0.3 is 17.2 Å². The molecule has 0 bridgehead atoms. The number of hydrogen-bond donors (Lipinski definition) is 1. The fourth-order valence-electron chi connectivity index (χ4n) is 1.10. The van der Waals surface area contributed by atoms with Gasteiger partial charge in [-0.3, -0.25) is 10.1 Å². The summed E-state index contributed by atoms with van der Waals surface area (Å²) in [5, 5.41) is 23.2. The smallest absolute Gasteiger partial charge is 0.358 e. The van der Waals surface area contributed by atoms with Crippen molar-refractivity contribution in [2.45, 2.75) is 0 Å². The van der Waals surface area contributed by atoms with Gasteiger partial charge in [0.2, 0.25) is 0 Å². The van der Waals surface area contributed by atoms with Gasteiger partial charge in [-0.25, -0.2) is 10.1 Å². The van der Waals surface area contributed by atoms with Crippen LogP contribution < -0.4 is 0 Å². The van der Waals surface area contributed by atoms with E-state index in [0.717, 1.165) is 16.9 Å². The van der Waals surface area contributed by atoms with Crippen molar-refractivity contribution in [3.63, 3.8) is 0 Å². The lowest BCUT2D eigenvalue weighted by Gasteiger charge is -1.86. The van der Waals surface area contributed by atoms with Gasteiger partial charge in [0, 0.05) is 0 Å². The lowest BCUT2D eigenvalue weighted by atomic mass is 10.6. The zero-order valence-corrected chi connectivity index (χ0v) is 6.58. The first-order chi connectivity index (χ1) is 6.61. The number of nitrogens with zero attached hydrogens (tertiary/aromatic N) is 4. The zero-order valence-electron chi connectivity index (χ0n) is 6.58. The molecule has 9 heteroatoms. The third kappa shape index (κ3) is 0.920. The number of aromatic amines is 1. The monoisotopic (exact) mass is 197 g/mol. The molecule has 9 nitrogen and oxygen atoms in total. The molecule has 0 unspecified atom stereocenters. The Bertz CT molecular complexity index is 477. The van der Waals surface area contributed by atoms with Gasteiger partial charge in [-0.05, 0) is 4.92 Å². The molecular weight excluding hydrogens is 194 g/mol. The fraction of sp³-hybridized carbons (Fsp3) is 0. The molecule has 0 aliphatic rings. The van der Waals surface area contributed by atoms with Gasteiger partial charge in [0.15, 0.2) is 0 Å². The van der Waals surface area contributed by atoms with Crippen LogP contribution in [0, 0.1) is 20.2 Å². The second-order valence-corrected chi connectivity index (χ2v) is 2.45. The lowest BCUT2D eigenvalue weighted by molar-refractivity contribution is -0.391. The summed E-state index contributed by atoms with van der Waals surface area (Å²) in [7, 11) is 0. The van der Waals surface area contributed by atoms with E-state index in [1.807, 2.05) is 0 Å². The molecule has 0 saturated heterocycles. The molecule has 14 heavy (non-hydrogen) atoms. The van der Waals surface area contributed by atoms with Gasteiger partial charge in [0.05, 0.1) is 4.92 Å². The van der Waals surface area contributed by atoms with E-state index < -0.39 is 9.85 Å². The van der Waals surface area contributed by atoms with Crippen LogP contribution in [0.4, 0.5) is 11.5 Å². The summed E-state index contributed by atoms with van der Waals surface area (Å²) in [6.07, 6.45) is 2.01. The molecule has 2 heterocycles. The summed E-state index contributed by atoms with van der Waals surface area (Å²) in [5.41, 5.74) is -0.361. The first-order valence-corrected chi connectivity index (χ1v) is 3.45. The highest BCUT2D eigenvalue weighted by Crippen LogP contribution is 2.21. The normalized spacial score (nSPS) is 10.6. The van der Waals surface area contributed by atoms with E-state index in [-0.39, 0.29) is 17.2 Å². The highest BCUT2D eigenvalue weighted by molar-refractivity contribution is 5.60. The number of nitro groups is 2. The number of imidazole rings is 1. The molecule has 1 N–H and O–H groups in total. The Balaban J connectivity index is 2.73. The number of hydrogen-bond acceptors (Lipinski definition) is 5. The van der Waals surface area contributed by atoms with E-state index in [1.54, 1.807) is 0 Å². The van der Waals surface area contributed by atoms with Crippen LogP contribution in [0.15, 0.2) is 12.4 Å². The van der Waals surface area contributed by atoms with Gasteiger partial charge in [-0.2, -0.15) is 0 Å². The quantitative estimate of drug-likeness (QED) is 0.554. The number of fused-ring (bicyclic) bond motifs is 1. The van der Waals surface area contributed by atoms with Gasteiger partial charge in [-0.15, -0.1) is 0 Å². The number of nitrogens with one attached hydrogen (secondary N) is 1. The maximum absolute atomic E-state index is 10.4. The Morgan fingerprint density at radius 2 is 2.07 bits per heavy atom. The molecule has 0 aliphatic heterocycles. The Kier molecular flexibility index (Phi) is 1.47.